The van der Waals surface area contributed by atoms with E-state index in [2.05, 4.69) is 16.8 Å². The maximum Gasteiger partial charge on any atom is 0.0798 e. The fourth-order valence-corrected chi connectivity index (χ4v) is 3.22. The van der Waals surface area contributed by atoms with Crippen molar-refractivity contribution in [2.45, 2.75) is 45.2 Å². The number of aromatic nitrogens is 1. The van der Waals surface area contributed by atoms with Gasteiger partial charge in [-0.3, -0.25) is 4.90 Å². The highest BCUT2D eigenvalue weighted by Gasteiger charge is 2.24. The molecule has 2 rings (SSSR count). The van der Waals surface area contributed by atoms with Crippen molar-refractivity contribution in [3.05, 3.63) is 16.1 Å². The number of thiazole rings is 1. The Hall–Kier alpha value is -0.450. The van der Waals surface area contributed by atoms with Crippen LogP contribution >= 0.6 is 11.3 Å². The number of likely N-dealkylation sites (tertiary alicyclic amines) is 1. The highest BCUT2D eigenvalue weighted by molar-refractivity contribution is 7.09. The molecule has 16 heavy (non-hydrogen) atoms. The molecule has 3 nitrogen and oxygen atoms in total. The highest BCUT2D eigenvalue weighted by Crippen LogP contribution is 2.25. The van der Waals surface area contributed by atoms with Gasteiger partial charge < -0.3 is 5.11 Å². The van der Waals surface area contributed by atoms with Gasteiger partial charge in [0.2, 0.25) is 0 Å². The van der Waals surface area contributed by atoms with Crippen molar-refractivity contribution in [3.8, 4) is 0 Å². The number of aliphatic hydroxyl groups is 1. The Kier molecular flexibility index (Phi) is 4.32. The Morgan fingerprint density at radius 2 is 2.50 bits per heavy atom. The van der Waals surface area contributed by atoms with Crippen LogP contribution in [0.3, 0.4) is 0 Å². The lowest BCUT2D eigenvalue weighted by Crippen LogP contribution is -2.28. The van der Waals surface area contributed by atoms with Gasteiger partial charge >= 0.3 is 0 Å². The first-order chi connectivity index (χ1) is 7.81. The summed E-state index contributed by atoms with van der Waals surface area (Å²) in [5, 5.41) is 8.89. The lowest BCUT2D eigenvalue weighted by Gasteiger charge is -2.23. The number of hydrogen-bond acceptors (Lipinski definition) is 4. The summed E-state index contributed by atoms with van der Waals surface area (Å²) >= 11 is 1.76. The summed E-state index contributed by atoms with van der Waals surface area (Å²) in [5.74, 6) is 0. The first-order valence-corrected chi connectivity index (χ1v) is 6.93. The van der Waals surface area contributed by atoms with Gasteiger partial charge in [-0.1, -0.05) is 0 Å². The van der Waals surface area contributed by atoms with Gasteiger partial charge in [0.05, 0.1) is 11.2 Å². The van der Waals surface area contributed by atoms with E-state index in [-0.39, 0.29) is 0 Å². The third-order valence-corrected chi connectivity index (χ3v) is 4.31. The predicted octanol–water partition coefficient (Wildman–Crippen LogP) is 2.19. The number of nitrogens with zero attached hydrogens (tertiary/aromatic N) is 2. The van der Waals surface area contributed by atoms with Crippen LogP contribution < -0.4 is 0 Å². The Balaban J connectivity index is 1.91. The maximum atomic E-state index is 8.89. The van der Waals surface area contributed by atoms with Crippen molar-refractivity contribution in [1.82, 2.24) is 9.88 Å². The molecule has 1 unspecified atom stereocenters. The molecule has 1 saturated heterocycles. The molecule has 0 radical (unpaired) electrons. The van der Waals surface area contributed by atoms with E-state index in [0.29, 0.717) is 12.6 Å². The first kappa shape index (κ1) is 12.0. The van der Waals surface area contributed by atoms with Gasteiger partial charge in [0, 0.05) is 24.1 Å². The molecule has 0 saturated carbocycles. The van der Waals surface area contributed by atoms with Gasteiger partial charge in [0.25, 0.3) is 0 Å². The first-order valence-electron chi connectivity index (χ1n) is 6.05. The molecule has 1 aromatic rings. The second-order valence-electron chi connectivity index (χ2n) is 4.49. The van der Waals surface area contributed by atoms with Gasteiger partial charge in [-0.15, -0.1) is 11.3 Å². The fourth-order valence-electron chi connectivity index (χ4n) is 2.42. The van der Waals surface area contributed by atoms with Crippen molar-refractivity contribution >= 4 is 11.3 Å². The zero-order chi connectivity index (χ0) is 11.4. The molecular weight excluding hydrogens is 220 g/mol. The molecule has 1 aliphatic rings. The Morgan fingerprint density at radius 1 is 1.62 bits per heavy atom. The summed E-state index contributed by atoms with van der Waals surface area (Å²) in [6.45, 7) is 4.66. The second-order valence-corrected chi connectivity index (χ2v) is 5.43. The largest absolute Gasteiger partial charge is 0.396 e. The molecule has 0 bridgehead atoms. The van der Waals surface area contributed by atoms with E-state index in [4.69, 9.17) is 5.11 Å². The lowest BCUT2D eigenvalue weighted by atomic mass is 10.1. The van der Waals surface area contributed by atoms with Crippen LogP contribution in [0.5, 0.6) is 0 Å². The third kappa shape index (κ3) is 2.81. The van der Waals surface area contributed by atoms with Crippen LogP contribution in [0.1, 0.15) is 36.3 Å². The summed E-state index contributed by atoms with van der Waals surface area (Å²) in [6.07, 6.45) is 4.66. The molecule has 0 aliphatic carbocycles. The molecule has 1 aromatic heterocycles. The molecule has 4 heteroatoms. The summed E-state index contributed by atoms with van der Waals surface area (Å²) in [5.41, 5.74) is 3.11. The molecule has 1 atom stereocenters. The van der Waals surface area contributed by atoms with E-state index in [1.165, 1.54) is 30.0 Å². The predicted molar refractivity (Wildman–Crippen MR) is 66.6 cm³/mol. The number of hydrogen-bond donors (Lipinski definition) is 1. The molecule has 2 heterocycles. The van der Waals surface area contributed by atoms with E-state index in [9.17, 15) is 0 Å². The highest BCUT2D eigenvalue weighted by atomic mass is 32.1. The van der Waals surface area contributed by atoms with Crippen LogP contribution in [0.4, 0.5) is 0 Å². The van der Waals surface area contributed by atoms with Crippen LogP contribution in [-0.4, -0.2) is 34.2 Å². The van der Waals surface area contributed by atoms with E-state index in [1.54, 1.807) is 11.3 Å². The SMILES string of the molecule is Cc1ncsc1CN1CCCC1CCCO. The fraction of sp³-hybridized carbons (Fsp3) is 0.750. The van der Waals surface area contributed by atoms with Crippen molar-refractivity contribution in [1.29, 1.82) is 0 Å². The Labute approximate surface area is 101 Å². The van der Waals surface area contributed by atoms with Crippen LogP contribution in [0.2, 0.25) is 0 Å². The van der Waals surface area contributed by atoms with Crippen molar-refractivity contribution in [2.75, 3.05) is 13.2 Å². The standard InChI is InChI=1S/C12H20N2OS/c1-10-12(16-9-13-10)8-14-6-2-4-11(14)5-3-7-15/h9,11,15H,2-8H2,1H3. The molecule has 0 aromatic carbocycles. The number of rotatable bonds is 5. The van der Waals surface area contributed by atoms with Crippen LogP contribution in [0.15, 0.2) is 5.51 Å². The molecule has 0 amide bonds. The van der Waals surface area contributed by atoms with E-state index < -0.39 is 0 Å². The van der Waals surface area contributed by atoms with Crippen LogP contribution in [0, 0.1) is 6.92 Å². The van der Waals surface area contributed by atoms with Gasteiger partial charge in [0.15, 0.2) is 0 Å². The van der Waals surface area contributed by atoms with Crippen molar-refractivity contribution in [2.24, 2.45) is 0 Å². The van der Waals surface area contributed by atoms with Crippen molar-refractivity contribution in [3.63, 3.8) is 0 Å². The van der Waals surface area contributed by atoms with Gasteiger partial charge in [-0.2, -0.15) is 0 Å². The summed E-state index contributed by atoms with van der Waals surface area (Å²) in [4.78, 5) is 8.25. The Bertz CT molecular complexity index is 327. The average molecular weight is 240 g/mol. The van der Waals surface area contributed by atoms with Gasteiger partial charge in [-0.25, -0.2) is 4.98 Å². The number of aryl methyl sites for hydroxylation is 1. The monoisotopic (exact) mass is 240 g/mol. The summed E-state index contributed by atoms with van der Waals surface area (Å²) in [6, 6.07) is 0.675. The molecule has 90 valence electrons. The summed E-state index contributed by atoms with van der Waals surface area (Å²) < 4.78 is 0. The number of aliphatic hydroxyl groups excluding tert-OH is 1. The smallest absolute Gasteiger partial charge is 0.0798 e. The molecule has 1 N–H and O–H groups in total. The zero-order valence-corrected chi connectivity index (χ0v) is 10.7. The molecule has 1 fully saturated rings. The molecular formula is C12H20N2OS. The van der Waals surface area contributed by atoms with Crippen molar-refractivity contribution < 1.29 is 5.11 Å². The minimum absolute atomic E-state index is 0.323. The maximum absolute atomic E-state index is 8.89. The lowest BCUT2D eigenvalue weighted by molar-refractivity contribution is 0.211. The Morgan fingerprint density at radius 3 is 3.19 bits per heavy atom. The zero-order valence-electron chi connectivity index (χ0n) is 9.85. The van der Waals surface area contributed by atoms with E-state index in [0.717, 1.165) is 19.4 Å². The van der Waals surface area contributed by atoms with Gasteiger partial charge in [-0.05, 0) is 39.2 Å². The summed E-state index contributed by atoms with van der Waals surface area (Å²) in [7, 11) is 0. The quantitative estimate of drug-likeness (QED) is 0.857. The topological polar surface area (TPSA) is 36.4 Å². The minimum atomic E-state index is 0.323. The van der Waals surface area contributed by atoms with E-state index in [1.807, 2.05) is 5.51 Å². The van der Waals surface area contributed by atoms with Crippen LogP contribution in [-0.2, 0) is 6.54 Å². The van der Waals surface area contributed by atoms with Crippen LogP contribution in [0.25, 0.3) is 0 Å². The second kappa shape index (κ2) is 5.75. The minimum Gasteiger partial charge on any atom is -0.396 e. The third-order valence-electron chi connectivity index (χ3n) is 3.39. The molecule has 1 aliphatic heterocycles. The molecule has 0 spiro atoms. The normalized spacial score (nSPS) is 21.8. The average Bonchev–Trinajstić information content (AvgIpc) is 2.87. The van der Waals surface area contributed by atoms with Gasteiger partial charge in [0.1, 0.15) is 0 Å². The van der Waals surface area contributed by atoms with E-state index >= 15 is 0 Å².